The fourth-order valence-electron chi connectivity index (χ4n) is 2.04. The first-order valence-electron chi connectivity index (χ1n) is 6.79. The Bertz CT molecular complexity index is 672. The molecule has 1 aromatic heterocycles. The summed E-state index contributed by atoms with van der Waals surface area (Å²) in [5, 5.41) is 8.43. The molecular formula is C17H15N3O2. The minimum Gasteiger partial charge on any atom is -0.497 e. The predicted octanol–water partition coefficient (Wildman–Crippen LogP) is 3.22. The fourth-order valence-corrected chi connectivity index (χ4v) is 2.04. The van der Waals surface area contributed by atoms with E-state index in [2.05, 4.69) is 15.2 Å². The lowest BCUT2D eigenvalue weighted by Gasteiger charge is -2.04. The number of hydrogen-bond acceptors (Lipinski definition) is 5. The van der Waals surface area contributed by atoms with E-state index < -0.39 is 0 Å². The molecule has 0 spiro atoms. The quantitative estimate of drug-likeness (QED) is 0.739. The van der Waals surface area contributed by atoms with Gasteiger partial charge in [-0.1, -0.05) is 0 Å². The van der Waals surface area contributed by atoms with Crippen LogP contribution >= 0.6 is 0 Å². The minimum absolute atomic E-state index is 0.583. The highest BCUT2D eigenvalue weighted by Crippen LogP contribution is 2.22. The molecule has 0 N–H and O–H groups in total. The van der Waals surface area contributed by atoms with Crippen LogP contribution in [0.2, 0.25) is 0 Å². The molecule has 0 aliphatic rings. The molecule has 2 aromatic carbocycles. The van der Waals surface area contributed by atoms with Crippen molar-refractivity contribution in [2.24, 2.45) is 0 Å². The Hall–Kier alpha value is -2.95. The van der Waals surface area contributed by atoms with Gasteiger partial charge in [0, 0.05) is 11.1 Å². The van der Waals surface area contributed by atoms with Crippen molar-refractivity contribution in [2.75, 3.05) is 14.2 Å². The van der Waals surface area contributed by atoms with Crippen LogP contribution in [0.15, 0.2) is 54.7 Å². The van der Waals surface area contributed by atoms with Crippen molar-refractivity contribution in [3.8, 4) is 34.1 Å². The second kappa shape index (κ2) is 6.22. The zero-order valence-electron chi connectivity index (χ0n) is 12.4. The predicted molar refractivity (Wildman–Crippen MR) is 83.8 cm³/mol. The number of nitrogens with zero attached hydrogens (tertiary/aromatic N) is 3. The van der Waals surface area contributed by atoms with Gasteiger partial charge in [0.1, 0.15) is 17.2 Å². The van der Waals surface area contributed by atoms with E-state index in [1.54, 1.807) is 20.4 Å². The number of benzene rings is 2. The fraction of sp³-hybridized carbons (Fsp3) is 0.118. The first-order valence-corrected chi connectivity index (χ1v) is 6.79. The highest BCUT2D eigenvalue weighted by Gasteiger charge is 2.05. The zero-order chi connectivity index (χ0) is 15.4. The first-order chi connectivity index (χ1) is 10.8. The van der Waals surface area contributed by atoms with Crippen LogP contribution in [0.5, 0.6) is 11.5 Å². The third kappa shape index (κ3) is 2.88. The van der Waals surface area contributed by atoms with Gasteiger partial charge >= 0.3 is 0 Å². The molecule has 0 aliphatic carbocycles. The van der Waals surface area contributed by atoms with E-state index in [-0.39, 0.29) is 0 Å². The maximum Gasteiger partial charge on any atom is 0.181 e. The summed E-state index contributed by atoms with van der Waals surface area (Å²) in [6, 6.07) is 15.2. The standard InChI is InChI=1S/C17H15N3O2/c1-21-14-7-3-12(4-8-14)16-11-18-17(20-19-16)13-5-9-15(22-2)10-6-13/h3-11H,1-2H3. The summed E-state index contributed by atoms with van der Waals surface area (Å²) in [5.74, 6) is 2.19. The molecule has 0 amide bonds. The maximum absolute atomic E-state index is 5.14. The Balaban J connectivity index is 1.84. The highest BCUT2D eigenvalue weighted by atomic mass is 16.5. The van der Waals surface area contributed by atoms with Gasteiger partial charge in [-0.25, -0.2) is 4.98 Å². The van der Waals surface area contributed by atoms with Gasteiger partial charge < -0.3 is 9.47 Å². The Morgan fingerprint density at radius 3 is 1.68 bits per heavy atom. The number of methoxy groups -OCH3 is 2. The second-order valence-corrected chi connectivity index (χ2v) is 4.62. The SMILES string of the molecule is COc1ccc(-c2cnc(-c3ccc(OC)cc3)nn2)cc1. The van der Waals surface area contributed by atoms with Gasteiger partial charge in [0.2, 0.25) is 0 Å². The number of hydrogen-bond donors (Lipinski definition) is 0. The number of rotatable bonds is 4. The van der Waals surface area contributed by atoms with Crippen LogP contribution in [-0.2, 0) is 0 Å². The van der Waals surface area contributed by atoms with Crippen molar-refractivity contribution >= 4 is 0 Å². The molecule has 5 nitrogen and oxygen atoms in total. The Morgan fingerprint density at radius 1 is 0.682 bits per heavy atom. The van der Waals surface area contributed by atoms with Crippen LogP contribution in [0.3, 0.4) is 0 Å². The van der Waals surface area contributed by atoms with E-state index in [0.29, 0.717) is 5.82 Å². The van der Waals surface area contributed by atoms with Crippen molar-refractivity contribution in [2.45, 2.75) is 0 Å². The molecule has 0 saturated heterocycles. The molecule has 0 aliphatic heterocycles. The van der Waals surface area contributed by atoms with E-state index >= 15 is 0 Å². The van der Waals surface area contributed by atoms with Gasteiger partial charge in [0.25, 0.3) is 0 Å². The van der Waals surface area contributed by atoms with Gasteiger partial charge in [0.05, 0.1) is 20.4 Å². The van der Waals surface area contributed by atoms with Crippen LogP contribution < -0.4 is 9.47 Å². The average molecular weight is 293 g/mol. The summed E-state index contributed by atoms with van der Waals surface area (Å²) in [6.45, 7) is 0. The molecule has 3 aromatic rings. The lowest BCUT2D eigenvalue weighted by atomic mass is 10.1. The van der Waals surface area contributed by atoms with Crippen molar-refractivity contribution in [1.82, 2.24) is 15.2 Å². The number of ether oxygens (including phenoxy) is 2. The summed E-state index contributed by atoms with van der Waals surface area (Å²) in [6.07, 6.45) is 1.72. The summed E-state index contributed by atoms with van der Waals surface area (Å²) >= 11 is 0. The molecule has 0 saturated carbocycles. The third-order valence-corrected chi connectivity index (χ3v) is 3.30. The van der Waals surface area contributed by atoms with E-state index in [4.69, 9.17) is 9.47 Å². The molecule has 0 unspecified atom stereocenters. The van der Waals surface area contributed by atoms with Crippen molar-refractivity contribution in [3.05, 3.63) is 54.7 Å². The number of aromatic nitrogens is 3. The molecule has 0 fully saturated rings. The third-order valence-electron chi connectivity index (χ3n) is 3.30. The zero-order valence-corrected chi connectivity index (χ0v) is 12.4. The molecule has 5 heteroatoms. The van der Waals surface area contributed by atoms with Gasteiger partial charge in [-0.3, -0.25) is 0 Å². The van der Waals surface area contributed by atoms with Gasteiger partial charge in [-0.15, -0.1) is 10.2 Å². The van der Waals surface area contributed by atoms with Crippen molar-refractivity contribution in [3.63, 3.8) is 0 Å². The molecule has 3 rings (SSSR count). The summed E-state index contributed by atoms with van der Waals surface area (Å²) < 4.78 is 10.3. The Kier molecular flexibility index (Phi) is 3.96. The molecule has 0 radical (unpaired) electrons. The molecular weight excluding hydrogens is 278 g/mol. The monoisotopic (exact) mass is 293 g/mol. The maximum atomic E-state index is 5.14. The highest BCUT2D eigenvalue weighted by molar-refractivity contribution is 5.61. The van der Waals surface area contributed by atoms with Crippen LogP contribution in [0.4, 0.5) is 0 Å². The van der Waals surface area contributed by atoms with Crippen molar-refractivity contribution in [1.29, 1.82) is 0 Å². The summed E-state index contributed by atoms with van der Waals surface area (Å²) in [4.78, 5) is 4.38. The van der Waals surface area contributed by atoms with Crippen molar-refractivity contribution < 1.29 is 9.47 Å². The summed E-state index contributed by atoms with van der Waals surface area (Å²) in [5.41, 5.74) is 2.57. The normalized spacial score (nSPS) is 10.3. The smallest absolute Gasteiger partial charge is 0.181 e. The van der Waals surface area contributed by atoms with Crippen LogP contribution in [0.25, 0.3) is 22.6 Å². The van der Waals surface area contributed by atoms with Gasteiger partial charge in [-0.05, 0) is 48.5 Å². The van der Waals surface area contributed by atoms with E-state index in [1.807, 2.05) is 48.5 Å². The first kappa shape index (κ1) is 14.0. The topological polar surface area (TPSA) is 57.1 Å². The molecule has 1 heterocycles. The van der Waals surface area contributed by atoms with Gasteiger partial charge in [-0.2, -0.15) is 0 Å². The van der Waals surface area contributed by atoms with E-state index in [1.165, 1.54) is 0 Å². The molecule has 110 valence electrons. The summed E-state index contributed by atoms with van der Waals surface area (Å²) in [7, 11) is 3.27. The lowest BCUT2D eigenvalue weighted by Crippen LogP contribution is -1.95. The minimum atomic E-state index is 0.583. The van der Waals surface area contributed by atoms with Crippen LogP contribution in [0, 0.1) is 0 Å². The van der Waals surface area contributed by atoms with Crippen LogP contribution in [0.1, 0.15) is 0 Å². The van der Waals surface area contributed by atoms with Crippen LogP contribution in [-0.4, -0.2) is 29.4 Å². The largest absolute Gasteiger partial charge is 0.497 e. The second-order valence-electron chi connectivity index (χ2n) is 4.62. The molecule has 0 atom stereocenters. The van der Waals surface area contributed by atoms with E-state index in [9.17, 15) is 0 Å². The Labute approximate surface area is 128 Å². The van der Waals surface area contributed by atoms with Gasteiger partial charge in [0.15, 0.2) is 5.82 Å². The molecule has 0 bridgehead atoms. The molecule has 22 heavy (non-hydrogen) atoms. The average Bonchev–Trinajstić information content (AvgIpc) is 2.62. The Morgan fingerprint density at radius 2 is 1.23 bits per heavy atom. The van der Waals surface area contributed by atoms with E-state index in [0.717, 1.165) is 28.3 Å². The lowest BCUT2D eigenvalue weighted by molar-refractivity contribution is 0.414.